The first-order chi connectivity index (χ1) is 14.6. The van der Waals surface area contributed by atoms with Crippen LogP contribution in [0.1, 0.15) is 21.5 Å². The molecule has 0 radical (unpaired) electrons. The van der Waals surface area contributed by atoms with Crippen molar-refractivity contribution >= 4 is 28.3 Å². The highest BCUT2D eigenvalue weighted by Crippen LogP contribution is 2.32. The van der Waals surface area contributed by atoms with Crippen LogP contribution < -0.4 is 4.74 Å². The normalized spacial score (nSPS) is 11.5. The largest absolute Gasteiger partial charge is 0.497 e. The zero-order valence-corrected chi connectivity index (χ0v) is 16.5. The number of nitrogens with one attached hydrogen (secondary N) is 1. The minimum atomic E-state index is -0.442. The Kier molecular flexibility index (Phi) is 5.22. The number of hydrogen-bond donors (Lipinski definition) is 2. The fourth-order valence-corrected chi connectivity index (χ4v) is 3.31. The molecule has 150 valence electrons. The molecule has 6 nitrogen and oxygen atoms in total. The quantitative estimate of drug-likeness (QED) is 0.371. The number of aromatic amines is 1. The molecule has 6 heteroatoms. The van der Waals surface area contributed by atoms with Crippen LogP contribution in [0.3, 0.4) is 0 Å². The van der Waals surface area contributed by atoms with E-state index in [0.29, 0.717) is 22.4 Å². The third-order valence-corrected chi connectivity index (χ3v) is 4.80. The van der Waals surface area contributed by atoms with Crippen molar-refractivity contribution in [2.24, 2.45) is 4.99 Å². The number of benzene rings is 3. The van der Waals surface area contributed by atoms with Crippen LogP contribution in [0, 0.1) is 0 Å². The summed E-state index contributed by atoms with van der Waals surface area (Å²) in [6.45, 7) is 0. The minimum absolute atomic E-state index is 0.0249. The fraction of sp³-hybridized carbons (Fsp3) is 0.0833. The summed E-state index contributed by atoms with van der Waals surface area (Å²) in [4.78, 5) is 19.6. The van der Waals surface area contributed by atoms with Crippen molar-refractivity contribution in [2.45, 2.75) is 0 Å². The number of ether oxygens (including phenoxy) is 2. The van der Waals surface area contributed by atoms with Gasteiger partial charge in [-0.05, 0) is 36.4 Å². The van der Waals surface area contributed by atoms with Crippen LogP contribution in [-0.4, -0.2) is 36.0 Å². The topological polar surface area (TPSA) is 83.9 Å². The molecule has 1 heterocycles. The maximum atomic E-state index is 11.9. The Bertz CT molecular complexity index is 1230. The highest BCUT2D eigenvalue weighted by atomic mass is 16.5. The van der Waals surface area contributed by atoms with Gasteiger partial charge in [0.1, 0.15) is 5.75 Å². The number of aromatic nitrogens is 1. The summed E-state index contributed by atoms with van der Waals surface area (Å²) in [6, 6.07) is 22.1. The number of fused-ring (bicyclic) bond motifs is 1. The van der Waals surface area contributed by atoms with E-state index in [1.807, 2.05) is 54.6 Å². The average Bonchev–Trinajstić information content (AvgIpc) is 3.12. The maximum absolute atomic E-state index is 11.9. The number of aromatic hydroxyl groups is 1. The SMILES string of the molecule is COC(=O)c1ccc2c(C(=Nc3ccc(OC)cc3)c3ccccc3)c(O)[nH]c2c1. The smallest absolute Gasteiger partial charge is 0.337 e. The van der Waals surface area contributed by atoms with Crippen molar-refractivity contribution in [1.82, 2.24) is 4.98 Å². The molecular weight excluding hydrogens is 380 g/mol. The predicted molar refractivity (Wildman–Crippen MR) is 116 cm³/mol. The molecule has 0 fully saturated rings. The zero-order valence-electron chi connectivity index (χ0n) is 16.5. The monoisotopic (exact) mass is 400 g/mol. The lowest BCUT2D eigenvalue weighted by Crippen LogP contribution is -2.03. The Morgan fingerprint density at radius 3 is 2.33 bits per heavy atom. The van der Waals surface area contributed by atoms with Crippen LogP contribution in [0.2, 0.25) is 0 Å². The van der Waals surface area contributed by atoms with Gasteiger partial charge in [0.25, 0.3) is 0 Å². The van der Waals surface area contributed by atoms with Crippen LogP contribution in [0.15, 0.2) is 77.8 Å². The van der Waals surface area contributed by atoms with Gasteiger partial charge in [-0.3, -0.25) is 0 Å². The van der Waals surface area contributed by atoms with Crippen molar-refractivity contribution in [1.29, 1.82) is 0 Å². The van der Waals surface area contributed by atoms with E-state index in [2.05, 4.69) is 4.98 Å². The summed E-state index contributed by atoms with van der Waals surface area (Å²) < 4.78 is 10.0. The number of rotatable bonds is 5. The molecule has 0 atom stereocenters. The number of carbonyl (C=O) groups is 1. The number of esters is 1. The molecule has 1 aromatic heterocycles. The van der Waals surface area contributed by atoms with E-state index in [0.717, 1.165) is 22.4 Å². The van der Waals surface area contributed by atoms with Crippen LogP contribution in [-0.2, 0) is 4.74 Å². The Morgan fingerprint density at radius 1 is 0.933 bits per heavy atom. The second kappa shape index (κ2) is 8.13. The molecule has 0 saturated heterocycles. The molecule has 0 spiro atoms. The summed E-state index contributed by atoms with van der Waals surface area (Å²) in [5, 5.41) is 11.5. The molecule has 0 unspecified atom stereocenters. The summed E-state index contributed by atoms with van der Waals surface area (Å²) in [6.07, 6.45) is 0. The molecular formula is C24H20N2O4. The van der Waals surface area contributed by atoms with Crippen molar-refractivity contribution in [2.75, 3.05) is 14.2 Å². The lowest BCUT2D eigenvalue weighted by atomic mass is 10.00. The number of carbonyl (C=O) groups excluding carboxylic acids is 1. The van der Waals surface area contributed by atoms with Gasteiger partial charge in [0.2, 0.25) is 0 Å². The molecule has 0 aliphatic heterocycles. The summed E-state index contributed by atoms with van der Waals surface area (Å²) in [5.41, 5.74) is 3.74. The van der Waals surface area contributed by atoms with E-state index in [4.69, 9.17) is 14.5 Å². The van der Waals surface area contributed by atoms with Crippen molar-refractivity contribution in [3.63, 3.8) is 0 Å². The van der Waals surface area contributed by atoms with E-state index in [1.54, 1.807) is 25.3 Å². The Labute approximate surface area is 173 Å². The van der Waals surface area contributed by atoms with Crippen LogP contribution in [0.4, 0.5) is 5.69 Å². The van der Waals surface area contributed by atoms with Crippen LogP contribution in [0.5, 0.6) is 11.6 Å². The number of nitrogens with zero attached hydrogens (tertiary/aromatic N) is 1. The third-order valence-electron chi connectivity index (χ3n) is 4.80. The maximum Gasteiger partial charge on any atom is 0.337 e. The van der Waals surface area contributed by atoms with Gasteiger partial charge in [0, 0.05) is 16.5 Å². The van der Waals surface area contributed by atoms with Crippen LogP contribution in [0.25, 0.3) is 10.9 Å². The average molecular weight is 400 g/mol. The number of aliphatic imine (C=N–C) groups is 1. The Hall–Kier alpha value is -4.06. The van der Waals surface area contributed by atoms with Crippen molar-refractivity contribution in [3.8, 4) is 11.6 Å². The van der Waals surface area contributed by atoms with Crippen molar-refractivity contribution in [3.05, 3.63) is 89.5 Å². The number of methoxy groups -OCH3 is 2. The van der Waals surface area contributed by atoms with Gasteiger partial charge < -0.3 is 19.6 Å². The number of hydrogen-bond acceptors (Lipinski definition) is 5. The van der Waals surface area contributed by atoms with Crippen LogP contribution >= 0.6 is 0 Å². The van der Waals surface area contributed by atoms with E-state index in [-0.39, 0.29) is 5.88 Å². The van der Waals surface area contributed by atoms with E-state index < -0.39 is 5.97 Å². The zero-order chi connectivity index (χ0) is 21.1. The lowest BCUT2D eigenvalue weighted by Gasteiger charge is -2.08. The first kappa shape index (κ1) is 19.3. The molecule has 2 N–H and O–H groups in total. The first-order valence-corrected chi connectivity index (χ1v) is 9.32. The predicted octanol–water partition coefficient (Wildman–Crippen LogP) is 4.84. The molecule has 0 aliphatic rings. The van der Waals surface area contributed by atoms with Gasteiger partial charge in [-0.15, -0.1) is 0 Å². The standard InChI is InChI=1S/C24H20N2O4/c1-29-18-11-9-17(10-12-18)25-22(15-6-4-3-5-7-15)21-19-13-8-16(24(28)30-2)14-20(19)26-23(21)27/h3-14,26-27H,1-2H3. The van der Waals surface area contributed by atoms with Gasteiger partial charge in [-0.1, -0.05) is 36.4 Å². The summed E-state index contributed by atoms with van der Waals surface area (Å²) in [7, 11) is 2.94. The van der Waals surface area contributed by atoms with Gasteiger partial charge in [0.15, 0.2) is 5.88 Å². The minimum Gasteiger partial charge on any atom is -0.497 e. The highest BCUT2D eigenvalue weighted by molar-refractivity contribution is 6.22. The highest BCUT2D eigenvalue weighted by Gasteiger charge is 2.19. The Morgan fingerprint density at radius 2 is 1.67 bits per heavy atom. The molecule has 0 aliphatic carbocycles. The Balaban J connectivity index is 1.91. The summed E-state index contributed by atoms with van der Waals surface area (Å²) >= 11 is 0. The molecule has 0 saturated carbocycles. The molecule has 4 aromatic rings. The molecule has 3 aromatic carbocycles. The van der Waals surface area contributed by atoms with Gasteiger partial charge in [-0.25, -0.2) is 9.79 Å². The second-order valence-corrected chi connectivity index (χ2v) is 6.63. The van der Waals surface area contributed by atoms with Gasteiger partial charge in [0.05, 0.1) is 36.7 Å². The second-order valence-electron chi connectivity index (χ2n) is 6.63. The first-order valence-electron chi connectivity index (χ1n) is 9.32. The number of H-pyrrole nitrogens is 1. The molecule has 4 rings (SSSR count). The lowest BCUT2D eigenvalue weighted by molar-refractivity contribution is 0.0601. The van der Waals surface area contributed by atoms with E-state index in [9.17, 15) is 9.90 Å². The fourth-order valence-electron chi connectivity index (χ4n) is 3.31. The molecule has 0 bridgehead atoms. The van der Waals surface area contributed by atoms with E-state index in [1.165, 1.54) is 7.11 Å². The van der Waals surface area contributed by atoms with Gasteiger partial charge in [-0.2, -0.15) is 0 Å². The van der Waals surface area contributed by atoms with E-state index >= 15 is 0 Å². The van der Waals surface area contributed by atoms with Gasteiger partial charge >= 0.3 is 5.97 Å². The van der Waals surface area contributed by atoms with Crippen molar-refractivity contribution < 1.29 is 19.4 Å². The summed E-state index contributed by atoms with van der Waals surface area (Å²) in [5.74, 6) is 0.270. The molecule has 30 heavy (non-hydrogen) atoms. The molecule has 0 amide bonds. The third kappa shape index (κ3) is 3.63.